The molecule has 132 valence electrons. The molecule has 2 rings (SSSR count). The second-order valence-electron chi connectivity index (χ2n) is 4.82. The van der Waals surface area contributed by atoms with Crippen LogP contribution in [0.5, 0.6) is 17.2 Å². The van der Waals surface area contributed by atoms with E-state index < -0.39 is 11.8 Å². The highest BCUT2D eigenvalue weighted by Gasteiger charge is 2.17. The first kappa shape index (κ1) is 18.4. The van der Waals surface area contributed by atoms with Crippen molar-refractivity contribution in [2.75, 3.05) is 32.0 Å². The zero-order chi connectivity index (χ0) is 18.4. The van der Waals surface area contributed by atoms with E-state index in [9.17, 15) is 9.59 Å². The lowest BCUT2D eigenvalue weighted by atomic mass is 10.2. The van der Waals surface area contributed by atoms with Crippen LogP contribution in [-0.2, 0) is 9.59 Å². The van der Waals surface area contributed by atoms with Gasteiger partial charge in [-0.1, -0.05) is 11.6 Å². The molecule has 0 aliphatic rings. The van der Waals surface area contributed by atoms with Crippen LogP contribution >= 0.6 is 11.6 Å². The number of carbonyl (C=O) groups excluding carboxylic acids is 2. The molecule has 0 spiro atoms. The van der Waals surface area contributed by atoms with Crippen LogP contribution < -0.4 is 24.8 Å². The van der Waals surface area contributed by atoms with Gasteiger partial charge in [-0.15, -0.1) is 0 Å². The molecule has 0 fully saturated rings. The zero-order valence-electron chi connectivity index (χ0n) is 13.9. The molecule has 7 nitrogen and oxygen atoms in total. The number of hydrogen-bond acceptors (Lipinski definition) is 5. The van der Waals surface area contributed by atoms with Crippen LogP contribution in [-0.4, -0.2) is 33.1 Å². The number of ether oxygens (including phenoxy) is 3. The van der Waals surface area contributed by atoms with Crippen LogP contribution in [0.3, 0.4) is 0 Å². The van der Waals surface area contributed by atoms with Crippen molar-refractivity contribution < 1.29 is 23.8 Å². The molecule has 8 heteroatoms. The minimum Gasteiger partial charge on any atom is -0.497 e. The summed E-state index contributed by atoms with van der Waals surface area (Å²) in [5.41, 5.74) is 0.679. The molecule has 0 heterocycles. The SMILES string of the molecule is COc1ccc(OC)c(NC(=O)C(=O)Nc2ccc(OC)c(Cl)c2)c1. The van der Waals surface area contributed by atoms with Gasteiger partial charge in [-0.25, -0.2) is 0 Å². The van der Waals surface area contributed by atoms with Gasteiger partial charge >= 0.3 is 11.8 Å². The van der Waals surface area contributed by atoms with Gasteiger partial charge in [-0.3, -0.25) is 9.59 Å². The number of amides is 2. The van der Waals surface area contributed by atoms with Gasteiger partial charge < -0.3 is 24.8 Å². The molecule has 0 unspecified atom stereocenters. The number of rotatable bonds is 5. The van der Waals surface area contributed by atoms with E-state index in [1.807, 2.05) is 0 Å². The molecule has 2 N–H and O–H groups in total. The van der Waals surface area contributed by atoms with E-state index in [1.165, 1.54) is 27.4 Å². The molecule has 0 saturated heterocycles. The molecule has 0 radical (unpaired) electrons. The minimum atomic E-state index is -0.863. The normalized spacial score (nSPS) is 9.92. The summed E-state index contributed by atoms with van der Waals surface area (Å²) < 4.78 is 15.3. The molecule has 2 aromatic carbocycles. The predicted octanol–water partition coefficient (Wildman–Crippen LogP) is 2.94. The number of halogens is 1. The van der Waals surface area contributed by atoms with Crippen molar-refractivity contribution in [3.05, 3.63) is 41.4 Å². The van der Waals surface area contributed by atoms with Crippen molar-refractivity contribution in [1.29, 1.82) is 0 Å². The summed E-state index contributed by atoms with van der Waals surface area (Å²) in [6, 6.07) is 9.48. The highest BCUT2D eigenvalue weighted by atomic mass is 35.5. The minimum absolute atomic E-state index is 0.315. The Morgan fingerprint density at radius 3 is 2.08 bits per heavy atom. The average Bonchev–Trinajstić information content (AvgIpc) is 2.61. The number of methoxy groups -OCH3 is 3. The van der Waals surface area contributed by atoms with Crippen LogP contribution in [0.1, 0.15) is 0 Å². The van der Waals surface area contributed by atoms with E-state index in [-0.39, 0.29) is 0 Å². The molecular weight excluding hydrogens is 348 g/mol. The van der Waals surface area contributed by atoms with E-state index in [4.69, 9.17) is 25.8 Å². The fraction of sp³-hybridized carbons (Fsp3) is 0.176. The molecule has 0 atom stereocenters. The highest BCUT2D eigenvalue weighted by molar-refractivity contribution is 6.44. The lowest BCUT2D eigenvalue weighted by molar-refractivity contribution is -0.133. The third-order valence-electron chi connectivity index (χ3n) is 3.27. The Morgan fingerprint density at radius 1 is 0.840 bits per heavy atom. The molecular formula is C17H17ClN2O5. The monoisotopic (exact) mass is 364 g/mol. The number of nitrogens with one attached hydrogen (secondary N) is 2. The maximum Gasteiger partial charge on any atom is 0.314 e. The lowest BCUT2D eigenvalue weighted by Gasteiger charge is -2.12. The molecule has 25 heavy (non-hydrogen) atoms. The Labute approximate surface area is 149 Å². The van der Waals surface area contributed by atoms with Crippen molar-refractivity contribution in [2.45, 2.75) is 0 Å². The smallest absolute Gasteiger partial charge is 0.314 e. The van der Waals surface area contributed by atoms with Crippen LogP contribution in [0.15, 0.2) is 36.4 Å². The first-order valence-electron chi connectivity index (χ1n) is 7.16. The van der Waals surface area contributed by atoms with Crippen LogP contribution in [0.2, 0.25) is 5.02 Å². The van der Waals surface area contributed by atoms with E-state index in [1.54, 1.807) is 30.3 Å². The summed E-state index contributed by atoms with van der Waals surface area (Å²) >= 11 is 5.99. The van der Waals surface area contributed by atoms with E-state index in [0.717, 1.165) is 0 Å². The third-order valence-corrected chi connectivity index (χ3v) is 3.57. The van der Waals surface area contributed by atoms with Gasteiger partial charge in [0.25, 0.3) is 0 Å². The Balaban J connectivity index is 2.10. The topological polar surface area (TPSA) is 85.9 Å². The van der Waals surface area contributed by atoms with E-state index in [0.29, 0.717) is 33.6 Å². The Hall–Kier alpha value is -2.93. The molecule has 0 aliphatic heterocycles. The summed E-state index contributed by atoms with van der Waals surface area (Å²) in [5.74, 6) is -0.345. The predicted molar refractivity (Wildman–Crippen MR) is 94.8 cm³/mol. The quantitative estimate of drug-likeness (QED) is 0.797. The van der Waals surface area contributed by atoms with Gasteiger partial charge in [0.1, 0.15) is 17.2 Å². The van der Waals surface area contributed by atoms with Gasteiger partial charge in [0.05, 0.1) is 32.0 Å². The standard InChI is InChI=1S/C17H17ClN2O5/c1-23-11-5-7-15(25-3)13(9-11)20-17(22)16(21)19-10-4-6-14(24-2)12(18)8-10/h4-9H,1-3H3,(H,19,21)(H,20,22). The average molecular weight is 365 g/mol. The maximum absolute atomic E-state index is 12.1. The summed E-state index contributed by atoms with van der Waals surface area (Å²) in [4.78, 5) is 24.2. The summed E-state index contributed by atoms with van der Waals surface area (Å²) in [5, 5.41) is 5.25. The molecule has 2 amide bonds. The van der Waals surface area contributed by atoms with Crippen molar-refractivity contribution in [3.8, 4) is 17.2 Å². The van der Waals surface area contributed by atoms with Crippen LogP contribution in [0.4, 0.5) is 11.4 Å². The summed E-state index contributed by atoms with van der Waals surface area (Å²) in [6.45, 7) is 0. The second kappa shape index (κ2) is 8.25. The van der Waals surface area contributed by atoms with Crippen molar-refractivity contribution in [3.63, 3.8) is 0 Å². The second-order valence-corrected chi connectivity index (χ2v) is 5.23. The third kappa shape index (κ3) is 4.54. The van der Waals surface area contributed by atoms with Gasteiger partial charge in [0, 0.05) is 11.8 Å². The first-order chi connectivity index (χ1) is 12.0. The number of hydrogen-bond donors (Lipinski definition) is 2. The lowest BCUT2D eigenvalue weighted by Crippen LogP contribution is -2.29. The van der Waals surface area contributed by atoms with Crippen molar-refractivity contribution in [1.82, 2.24) is 0 Å². The number of anilines is 2. The Morgan fingerprint density at radius 2 is 1.48 bits per heavy atom. The Kier molecular flexibility index (Phi) is 6.08. The fourth-order valence-corrected chi connectivity index (χ4v) is 2.28. The summed E-state index contributed by atoms with van der Waals surface area (Å²) in [7, 11) is 4.43. The molecule has 0 aromatic heterocycles. The Bertz CT molecular complexity index is 795. The highest BCUT2D eigenvalue weighted by Crippen LogP contribution is 2.29. The summed E-state index contributed by atoms with van der Waals surface area (Å²) in [6.07, 6.45) is 0. The largest absolute Gasteiger partial charge is 0.497 e. The van der Waals surface area contributed by atoms with Crippen molar-refractivity contribution in [2.24, 2.45) is 0 Å². The number of benzene rings is 2. The molecule has 0 aliphatic carbocycles. The zero-order valence-corrected chi connectivity index (χ0v) is 14.6. The molecule has 2 aromatic rings. The van der Waals surface area contributed by atoms with Crippen LogP contribution in [0, 0.1) is 0 Å². The van der Waals surface area contributed by atoms with E-state index in [2.05, 4.69) is 10.6 Å². The van der Waals surface area contributed by atoms with Gasteiger partial charge in [-0.05, 0) is 30.3 Å². The molecule has 0 saturated carbocycles. The number of carbonyl (C=O) groups is 2. The van der Waals surface area contributed by atoms with Gasteiger partial charge in [0.15, 0.2) is 0 Å². The van der Waals surface area contributed by atoms with Gasteiger partial charge in [0.2, 0.25) is 0 Å². The van der Waals surface area contributed by atoms with Gasteiger partial charge in [-0.2, -0.15) is 0 Å². The van der Waals surface area contributed by atoms with E-state index >= 15 is 0 Å². The maximum atomic E-state index is 12.1. The van der Waals surface area contributed by atoms with Crippen LogP contribution in [0.25, 0.3) is 0 Å². The molecule has 0 bridgehead atoms. The first-order valence-corrected chi connectivity index (χ1v) is 7.54. The van der Waals surface area contributed by atoms with Crippen molar-refractivity contribution >= 4 is 34.8 Å². The fourth-order valence-electron chi connectivity index (χ4n) is 2.02.